The first-order chi connectivity index (χ1) is 9.51. The zero-order valence-corrected chi connectivity index (χ0v) is 12.2. The number of hydrogen-bond acceptors (Lipinski definition) is 4. The minimum atomic E-state index is -3.65. The van der Waals surface area contributed by atoms with E-state index in [0.717, 1.165) is 6.42 Å². The van der Waals surface area contributed by atoms with Crippen LogP contribution >= 0.6 is 0 Å². The first kappa shape index (κ1) is 14.4. The minimum Gasteiger partial charge on any atom is -0.494 e. The Morgan fingerprint density at radius 3 is 2.85 bits per heavy atom. The van der Waals surface area contributed by atoms with Crippen molar-refractivity contribution < 1.29 is 13.2 Å². The average Bonchev–Trinajstić information content (AvgIpc) is 2.84. The van der Waals surface area contributed by atoms with E-state index in [2.05, 4.69) is 14.7 Å². The van der Waals surface area contributed by atoms with Crippen molar-refractivity contribution in [2.24, 2.45) is 0 Å². The molecule has 0 aliphatic rings. The summed E-state index contributed by atoms with van der Waals surface area (Å²) < 4.78 is 32.2. The zero-order valence-electron chi connectivity index (χ0n) is 11.4. The van der Waals surface area contributed by atoms with Crippen LogP contribution in [0.4, 0.5) is 5.69 Å². The van der Waals surface area contributed by atoms with Gasteiger partial charge in [-0.3, -0.25) is 4.72 Å². The lowest BCUT2D eigenvalue weighted by Crippen LogP contribution is -2.13. The largest absolute Gasteiger partial charge is 0.494 e. The Morgan fingerprint density at radius 1 is 1.40 bits per heavy atom. The van der Waals surface area contributed by atoms with Gasteiger partial charge in [-0.2, -0.15) is 8.42 Å². The number of imidazole rings is 1. The predicted octanol–water partition coefficient (Wildman–Crippen LogP) is 2.31. The van der Waals surface area contributed by atoms with Gasteiger partial charge in [0.2, 0.25) is 0 Å². The maximum absolute atomic E-state index is 12.1. The normalized spacial score (nSPS) is 11.3. The highest BCUT2D eigenvalue weighted by molar-refractivity contribution is 7.92. The predicted molar refractivity (Wildman–Crippen MR) is 76.4 cm³/mol. The van der Waals surface area contributed by atoms with Crippen molar-refractivity contribution in [3.05, 3.63) is 36.3 Å². The van der Waals surface area contributed by atoms with Gasteiger partial charge in [0.25, 0.3) is 10.0 Å². The zero-order chi connectivity index (χ0) is 14.6. The van der Waals surface area contributed by atoms with Crippen LogP contribution in [0.15, 0.2) is 35.5 Å². The fraction of sp³-hybridized carbons (Fsp3) is 0.308. The van der Waals surface area contributed by atoms with Crippen LogP contribution in [0.5, 0.6) is 5.75 Å². The molecule has 0 saturated carbocycles. The summed E-state index contributed by atoms with van der Waals surface area (Å²) in [7, 11) is -3.65. The number of nitrogens with zero attached hydrogens (tertiary/aromatic N) is 1. The highest BCUT2D eigenvalue weighted by atomic mass is 32.2. The number of benzene rings is 1. The lowest BCUT2D eigenvalue weighted by atomic mass is 10.3. The monoisotopic (exact) mass is 295 g/mol. The number of sulfonamides is 1. The molecule has 0 atom stereocenters. The maximum Gasteiger partial charge on any atom is 0.278 e. The second kappa shape index (κ2) is 5.96. The molecule has 2 rings (SSSR count). The number of H-pyrrole nitrogens is 1. The van der Waals surface area contributed by atoms with Crippen LogP contribution in [-0.4, -0.2) is 25.0 Å². The molecular formula is C13H17N3O3S. The Hall–Kier alpha value is -2.02. The Morgan fingerprint density at radius 2 is 2.20 bits per heavy atom. The van der Waals surface area contributed by atoms with E-state index in [1.807, 2.05) is 6.92 Å². The molecule has 0 spiro atoms. The van der Waals surface area contributed by atoms with Crippen molar-refractivity contribution in [2.75, 3.05) is 11.3 Å². The number of anilines is 1. The van der Waals surface area contributed by atoms with E-state index in [4.69, 9.17) is 4.74 Å². The molecule has 0 fully saturated rings. The lowest BCUT2D eigenvalue weighted by molar-refractivity contribution is 0.317. The van der Waals surface area contributed by atoms with Crippen LogP contribution in [0.25, 0.3) is 0 Å². The molecule has 0 bridgehead atoms. The van der Waals surface area contributed by atoms with E-state index in [0.29, 0.717) is 23.9 Å². The summed E-state index contributed by atoms with van der Waals surface area (Å²) in [6.45, 7) is 4.29. The molecule has 1 aromatic heterocycles. The quantitative estimate of drug-likeness (QED) is 0.856. The Kier molecular flexibility index (Phi) is 4.29. The number of aromatic amines is 1. The molecule has 1 heterocycles. The molecule has 2 aromatic rings. The third-order valence-electron chi connectivity index (χ3n) is 2.53. The number of ether oxygens (including phenoxy) is 1. The van der Waals surface area contributed by atoms with Gasteiger partial charge in [0.15, 0.2) is 5.03 Å². The Balaban J connectivity index is 2.17. The van der Waals surface area contributed by atoms with E-state index in [1.54, 1.807) is 31.2 Å². The third kappa shape index (κ3) is 3.51. The molecule has 108 valence electrons. The molecule has 0 amide bonds. The number of hydrogen-bond donors (Lipinski definition) is 2. The van der Waals surface area contributed by atoms with E-state index >= 15 is 0 Å². The Bertz CT molecular complexity index is 680. The van der Waals surface area contributed by atoms with Crippen LogP contribution in [-0.2, 0) is 10.0 Å². The SMILES string of the molecule is CCCOc1cccc(NS(=O)(=O)c2cnc(C)[nH]2)c1. The molecule has 0 saturated heterocycles. The summed E-state index contributed by atoms with van der Waals surface area (Å²) in [6, 6.07) is 6.84. The standard InChI is InChI=1S/C13H17N3O3S/c1-3-7-19-12-6-4-5-11(8-12)16-20(17,18)13-9-14-10(2)15-13/h4-6,8-9,16H,3,7H2,1-2H3,(H,14,15). The molecule has 0 aliphatic heterocycles. The molecule has 6 nitrogen and oxygen atoms in total. The molecule has 0 unspecified atom stereocenters. The van der Waals surface area contributed by atoms with Crippen molar-refractivity contribution in [1.29, 1.82) is 0 Å². The number of aryl methyl sites for hydroxylation is 1. The summed E-state index contributed by atoms with van der Waals surface area (Å²) in [5.74, 6) is 1.18. The summed E-state index contributed by atoms with van der Waals surface area (Å²) in [5.41, 5.74) is 0.450. The second-order valence-electron chi connectivity index (χ2n) is 4.31. The molecule has 20 heavy (non-hydrogen) atoms. The summed E-state index contributed by atoms with van der Waals surface area (Å²) in [5, 5.41) is 0.0369. The van der Waals surface area contributed by atoms with Crippen molar-refractivity contribution in [3.63, 3.8) is 0 Å². The van der Waals surface area contributed by atoms with Gasteiger partial charge in [0.05, 0.1) is 18.5 Å². The fourth-order valence-electron chi connectivity index (χ4n) is 1.61. The van der Waals surface area contributed by atoms with Gasteiger partial charge in [-0.1, -0.05) is 13.0 Å². The summed E-state index contributed by atoms with van der Waals surface area (Å²) in [6.07, 6.45) is 2.18. The van der Waals surface area contributed by atoms with Gasteiger partial charge in [0.1, 0.15) is 11.6 Å². The minimum absolute atomic E-state index is 0.0369. The Labute approximate surface area is 118 Å². The average molecular weight is 295 g/mol. The van der Waals surface area contributed by atoms with E-state index < -0.39 is 10.0 Å². The van der Waals surface area contributed by atoms with Gasteiger partial charge in [-0.25, -0.2) is 4.98 Å². The van der Waals surface area contributed by atoms with Crippen molar-refractivity contribution in [3.8, 4) is 5.75 Å². The van der Waals surface area contributed by atoms with Gasteiger partial charge < -0.3 is 9.72 Å². The third-order valence-corrected chi connectivity index (χ3v) is 3.82. The highest BCUT2D eigenvalue weighted by Gasteiger charge is 2.16. The first-order valence-electron chi connectivity index (χ1n) is 6.28. The van der Waals surface area contributed by atoms with Crippen LogP contribution in [0.3, 0.4) is 0 Å². The maximum atomic E-state index is 12.1. The second-order valence-corrected chi connectivity index (χ2v) is 5.97. The van der Waals surface area contributed by atoms with Crippen molar-refractivity contribution in [1.82, 2.24) is 9.97 Å². The summed E-state index contributed by atoms with van der Waals surface area (Å²) >= 11 is 0. The summed E-state index contributed by atoms with van der Waals surface area (Å²) in [4.78, 5) is 6.58. The van der Waals surface area contributed by atoms with E-state index in [1.165, 1.54) is 6.20 Å². The lowest BCUT2D eigenvalue weighted by Gasteiger charge is -2.09. The van der Waals surface area contributed by atoms with Gasteiger partial charge in [-0.05, 0) is 25.5 Å². The first-order valence-corrected chi connectivity index (χ1v) is 7.77. The van der Waals surface area contributed by atoms with Gasteiger partial charge in [0, 0.05) is 6.07 Å². The van der Waals surface area contributed by atoms with Crippen molar-refractivity contribution in [2.45, 2.75) is 25.3 Å². The van der Waals surface area contributed by atoms with Crippen LogP contribution in [0.1, 0.15) is 19.2 Å². The number of aromatic nitrogens is 2. The van der Waals surface area contributed by atoms with Crippen LogP contribution in [0, 0.1) is 6.92 Å². The molecular weight excluding hydrogens is 278 g/mol. The van der Waals surface area contributed by atoms with Crippen LogP contribution in [0.2, 0.25) is 0 Å². The van der Waals surface area contributed by atoms with Crippen LogP contribution < -0.4 is 9.46 Å². The van der Waals surface area contributed by atoms with E-state index in [-0.39, 0.29) is 5.03 Å². The molecule has 1 aromatic carbocycles. The molecule has 0 radical (unpaired) electrons. The van der Waals surface area contributed by atoms with E-state index in [9.17, 15) is 8.42 Å². The highest BCUT2D eigenvalue weighted by Crippen LogP contribution is 2.20. The number of nitrogens with one attached hydrogen (secondary N) is 2. The van der Waals surface area contributed by atoms with Gasteiger partial charge in [-0.15, -0.1) is 0 Å². The van der Waals surface area contributed by atoms with Gasteiger partial charge >= 0.3 is 0 Å². The molecule has 0 aliphatic carbocycles. The topological polar surface area (TPSA) is 84.1 Å². The fourth-order valence-corrected chi connectivity index (χ4v) is 2.64. The smallest absolute Gasteiger partial charge is 0.278 e. The van der Waals surface area contributed by atoms with Crippen molar-refractivity contribution >= 4 is 15.7 Å². The number of rotatable bonds is 6. The molecule has 7 heteroatoms. The molecule has 2 N–H and O–H groups in total.